The van der Waals surface area contributed by atoms with E-state index in [9.17, 15) is 4.79 Å². The number of rotatable bonds is 3. The molecule has 0 spiro atoms. The summed E-state index contributed by atoms with van der Waals surface area (Å²) < 4.78 is 0. The lowest BCUT2D eigenvalue weighted by Crippen LogP contribution is -2.30. The number of halogens is 1. The van der Waals surface area contributed by atoms with Gasteiger partial charge in [-0.2, -0.15) is 0 Å². The minimum absolute atomic E-state index is 0. The van der Waals surface area contributed by atoms with E-state index in [1.807, 2.05) is 17.0 Å². The molecule has 1 heterocycles. The molecule has 144 valence electrons. The van der Waals surface area contributed by atoms with E-state index in [-0.39, 0.29) is 18.3 Å². The van der Waals surface area contributed by atoms with Gasteiger partial charge in [-0.3, -0.25) is 4.79 Å². The normalized spacial score (nSPS) is 20.4. The molecule has 3 aromatic rings. The van der Waals surface area contributed by atoms with Gasteiger partial charge in [0.1, 0.15) is 0 Å². The van der Waals surface area contributed by atoms with Crippen LogP contribution in [-0.4, -0.2) is 30.4 Å². The van der Waals surface area contributed by atoms with Gasteiger partial charge in [0.15, 0.2) is 0 Å². The van der Waals surface area contributed by atoms with Crippen molar-refractivity contribution in [3.05, 3.63) is 82.9 Å². The average Bonchev–Trinajstić information content (AvgIpc) is 3.34. The molecule has 0 aromatic heterocycles. The molecule has 5 rings (SSSR count). The highest BCUT2D eigenvalue weighted by atomic mass is 35.5. The van der Waals surface area contributed by atoms with Crippen molar-refractivity contribution in [3.63, 3.8) is 0 Å². The number of amides is 1. The Morgan fingerprint density at radius 2 is 1.68 bits per heavy atom. The molecule has 3 nitrogen and oxygen atoms in total. The number of benzene rings is 3. The van der Waals surface area contributed by atoms with Crippen molar-refractivity contribution in [1.82, 2.24) is 4.90 Å². The quantitative estimate of drug-likeness (QED) is 0.726. The van der Waals surface area contributed by atoms with Gasteiger partial charge in [-0.1, -0.05) is 54.6 Å². The summed E-state index contributed by atoms with van der Waals surface area (Å²) in [6.45, 7) is 2.08. The van der Waals surface area contributed by atoms with Crippen LogP contribution in [-0.2, 0) is 12.8 Å². The fourth-order valence-electron chi connectivity index (χ4n) is 4.96. The number of carbonyl (C=O) groups excluding carboxylic acids is 1. The minimum Gasteiger partial charge on any atom is -0.338 e. The predicted octanol–water partition coefficient (Wildman–Crippen LogP) is 4.17. The van der Waals surface area contributed by atoms with Gasteiger partial charge in [0.05, 0.1) is 0 Å². The first-order valence-electron chi connectivity index (χ1n) is 9.84. The van der Waals surface area contributed by atoms with Crippen molar-refractivity contribution in [2.45, 2.75) is 18.8 Å². The highest BCUT2D eigenvalue weighted by molar-refractivity contribution is 6.09. The highest BCUT2D eigenvalue weighted by Gasteiger charge is 2.36. The van der Waals surface area contributed by atoms with Gasteiger partial charge in [-0.25, -0.2) is 0 Å². The zero-order chi connectivity index (χ0) is 18.4. The van der Waals surface area contributed by atoms with Gasteiger partial charge in [0.25, 0.3) is 5.91 Å². The van der Waals surface area contributed by atoms with E-state index in [1.165, 1.54) is 22.1 Å². The van der Waals surface area contributed by atoms with Crippen LogP contribution in [0.15, 0.2) is 60.7 Å². The van der Waals surface area contributed by atoms with Crippen molar-refractivity contribution >= 4 is 29.1 Å². The number of nitrogens with zero attached hydrogens (tertiary/aromatic N) is 1. The number of aryl methyl sites for hydroxylation is 2. The molecule has 2 atom stereocenters. The summed E-state index contributed by atoms with van der Waals surface area (Å²) in [6, 6.07) is 21.0. The Hall–Kier alpha value is -2.36. The van der Waals surface area contributed by atoms with Crippen LogP contribution in [0, 0.1) is 5.92 Å². The zero-order valence-corrected chi connectivity index (χ0v) is 16.6. The van der Waals surface area contributed by atoms with Crippen molar-refractivity contribution in [2.24, 2.45) is 11.7 Å². The lowest BCUT2D eigenvalue weighted by molar-refractivity contribution is 0.0788. The van der Waals surface area contributed by atoms with Crippen molar-refractivity contribution in [3.8, 4) is 0 Å². The maximum absolute atomic E-state index is 13.4. The molecule has 1 aliphatic carbocycles. The molecular formula is C24H25ClN2O. The predicted molar refractivity (Wildman–Crippen MR) is 116 cm³/mol. The second-order valence-corrected chi connectivity index (χ2v) is 7.84. The molecule has 1 saturated heterocycles. The number of hydrogen-bond donors (Lipinski definition) is 1. The summed E-state index contributed by atoms with van der Waals surface area (Å²) in [5.41, 5.74) is 10.9. The van der Waals surface area contributed by atoms with Crippen LogP contribution in [0.1, 0.15) is 33.0 Å². The molecular weight excluding hydrogens is 368 g/mol. The van der Waals surface area contributed by atoms with Crippen LogP contribution < -0.4 is 5.73 Å². The van der Waals surface area contributed by atoms with Gasteiger partial charge in [0, 0.05) is 24.6 Å². The Morgan fingerprint density at radius 3 is 2.43 bits per heavy atom. The molecule has 3 aromatic carbocycles. The Bertz CT molecular complexity index is 1010. The molecule has 28 heavy (non-hydrogen) atoms. The topological polar surface area (TPSA) is 46.3 Å². The molecule has 0 saturated carbocycles. The van der Waals surface area contributed by atoms with E-state index in [4.69, 9.17) is 5.73 Å². The third-order valence-electron chi connectivity index (χ3n) is 6.37. The number of carbonyl (C=O) groups is 1. The van der Waals surface area contributed by atoms with E-state index < -0.39 is 0 Å². The van der Waals surface area contributed by atoms with Crippen LogP contribution in [0.4, 0.5) is 0 Å². The summed E-state index contributed by atoms with van der Waals surface area (Å²) in [5.74, 6) is 0.771. The Kier molecular flexibility index (Phi) is 5.13. The van der Waals surface area contributed by atoms with Crippen molar-refractivity contribution < 1.29 is 4.79 Å². The van der Waals surface area contributed by atoms with E-state index in [0.717, 1.165) is 36.9 Å². The first-order chi connectivity index (χ1) is 13.3. The van der Waals surface area contributed by atoms with Crippen LogP contribution in [0.5, 0.6) is 0 Å². The fraction of sp³-hybridized carbons (Fsp3) is 0.292. The van der Waals surface area contributed by atoms with Crippen LogP contribution >= 0.6 is 12.4 Å². The summed E-state index contributed by atoms with van der Waals surface area (Å²) in [7, 11) is 0. The lowest BCUT2D eigenvalue weighted by atomic mass is 9.89. The monoisotopic (exact) mass is 392 g/mol. The summed E-state index contributed by atoms with van der Waals surface area (Å²) in [6.07, 6.45) is 2.17. The van der Waals surface area contributed by atoms with Crippen LogP contribution in [0.2, 0.25) is 0 Å². The van der Waals surface area contributed by atoms with Gasteiger partial charge in [-0.15, -0.1) is 12.4 Å². The molecule has 0 bridgehead atoms. The van der Waals surface area contributed by atoms with Gasteiger partial charge in [0.2, 0.25) is 0 Å². The highest BCUT2D eigenvalue weighted by Crippen LogP contribution is 2.36. The average molecular weight is 393 g/mol. The summed E-state index contributed by atoms with van der Waals surface area (Å²) in [5, 5.41) is 2.41. The van der Waals surface area contributed by atoms with E-state index in [1.54, 1.807) is 0 Å². The summed E-state index contributed by atoms with van der Waals surface area (Å²) >= 11 is 0. The Balaban J connectivity index is 0.00000192. The van der Waals surface area contributed by atoms with Crippen LogP contribution in [0.3, 0.4) is 0 Å². The second-order valence-electron chi connectivity index (χ2n) is 7.84. The van der Waals surface area contributed by atoms with E-state index in [0.29, 0.717) is 18.4 Å². The smallest absolute Gasteiger partial charge is 0.254 e. The molecule has 1 amide bonds. The van der Waals surface area contributed by atoms with Crippen molar-refractivity contribution in [1.29, 1.82) is 0 Å². The third kappa shape index (κ3) is 2.99. The maximum Gasteiger partial charge on any atom is 0.254 e. The number of hydrogen-bond acceptors (Lipinski definition) is 2. The fourth-order valence-corrected chi connectivity index (χ4v) is 4.96. The maximum atomic E-state index is 13.4. The first kappa shape index (κ1) is 19.0. The Labute approximate surface area is 171 Å². The lowest BCUT2D eigenvalue weighted by Gasteiger charge is -2.18. The Morgan fingerprint density at radius 1 is 0.929 bits per heavy atom. The summed E-state index contributed by atoms with van der Waals surface area (Å²) in [4.78, 5) is 15.4. The van der Waals surface area contributed by atoms with Gasteiger partial charge in [-0.05, 0) is 58.8 Å². The van der Waals surface area contributed by atoms with E-state index in [2.05, 4.69) is 48.5 Å². The largest absolute Gasteiger partial charge is 0.338 e. The molecule has 2 N–H and O–H groups in total. The van der Waals surface area contributed by atoms with Gasteiger partial charge >= 0.3 is 0 Å². The second kappa shape index (κ2) is 7.57. The zero-order valence-electron chi connectivity index (χ0n) is 15.8. The molecule has 4 heteroatoms. The molecule has 1 fully saturated rings. The molecule has 0 radical (unpaired) electrons. The van der Waals surface area contributed by atoms with Crippen LogP contribution in [0.25, 0.3) is 10.8 Å². The SMILES string of the molecule is Cl.NC[C@@H]1CN(C(=O)c2ccc3c4c(cccc24)CC3)C[C@H]1c1ccccc1. The third-order valence-corrected chi connectivity index (χ3v) is 6.37. The molecule has 2 aliphatic rings. The minimum atomic E-state index is 0. The first-order valence-corrected chi connectivity index (χ1v) is 9.84. The van der Waals surface area contributed by atoms with E-state index >= 15 is 0 Å². The standard InChI is InChI=1S/C24H24N2O.ClH/c25-13-19-14-26(15-22(19)16-5-2-1-3-6-16)24(27)21-12-11-18-10-9-17-7-4-8-20(21)23(17)18;/h1-8,11-12,19,22H,9-10,13-15,25H2;1H/t19-,22+;/m1./s1. The number of likely N-dealkylation sites (tertiary alicyclic amines) is 1. The van der Waals surface area contributed by atoms with Crippen molar-refractivity contribution in [2.75, 3.05) is 19.6 Å². The molecule has 0 unspecified atom stereocenters. The number of nitrogens with two attached hydrogens (primary N) is 1. The van der Waals surface area contributed by atoms with Gasteiger partial charge < -0.3 is 10.6 Å². The molecule has 1 aliphatic heterocycles.